The van der Waals surface area contributed by atoms with Crippen molar-refractivity contribution in [3.8, 4) is 0 Å². The van der Waals surface area contributed by atoms with Crippen molar-refractivity contribution >= 4 is 103 Å². The Hall–Kier alpha value is 2.61. The monoisotopic (exact) mass is 480 g/mol. The molecule has 0 atom stereocenters. The van der Waals surface area contributed by atoms with E-state index in [2.05, 4.69) is 15.1 Å². The number of halogens is 5. The van der Waals surface area contributed by atoms with Gasteiger partial charge in [0.15, 0.2) is 0 Å². The van der Waals surface area contributed by atoms with Crippen LogP contribution in [0.2, 0.25) is 0 Å². The molecular weight excluding hydrogens is 483 g/mol. The van der Waals surface area contributed by atoms with Crippen LogP contribution in [0.3, 0.4) is 0 Å². The van der Waals surface area contributed by atoms with Crippen LogP contribution in [0.5, 0.6) is 0 Å². The molecule has 0 aliphatic carbocycles. The summed E-state index contributed by atoms with van der Waals surface area (Å²) < 4.78 is 14.9. The van der Waals surface area contributed by atoms with E-state index in [-0.39, 0.29) is 0 Å². The minimum absolute atomic E-state index is 1.10. The summed E-state index contributed by atoms with van der Waals surface area (Å²) in [5.41, 5.74) is 0. The number of hydrogen-bond donors (Lipinski definition) is 0. The van der Waals surface area contributed by atoms with E-state index in [0.29, 0.717) is 0 Å². The van der Waals surface area contributed by atoms with Gasteiger partial charge in [-0.3, -0.25) is 0 Å². The van der Waals surface area contributed by atoms with E-state index < -0.39 is 11.7 Å². The van der Waals surface area contributed by atoms with Gasteiger partial charge in [-0.25, -0.2) is 0 Å². The van der Waals surface area contributed by atoms with Gasteiger partial charge in [0.2, 0.25) is 0 Å². The van der Waals surface area contributed by atoms with E-state index in [1.54, 1.807) is 0 Å². The molecule has 0 fully saturated rings. The Morgan fingerprint density at radius 1 is 0.643 bits per heavy atom. The number of nitrogens with zero attached hydrogens (tertiary/aromatic N) is 4. The Morgan fingerprint density at radius 2 is 0.857 bits per heavy atom. The van der Waals surface area contributed by atoms with Crippen LogP contribution in [0.25, 0.3) is 0 Å². The van der Waals surface area contributed by atoms with Crippen molar-refractivity contribution in [3.05, 3.63) is 0 Å². The molecule has 0 unspecified atom stereocenters. The summed E-state index contributed by atoms with van der Waals surface area (Å²) in [6, 6.07) is 0. The van der Waals surface area contributed by atoms with Crippen molar-refractivity contribution in [2.75, 3.05) is 0 Å². The maximum atomic E-state index is 5.05. The molecule has 0 spiro atoms. The topological polar surface area (TPSA) is 49.4 Å². The maximum absolute atomic E-state index is 5.05. The molecule has 0 aromatic carbocycles. The molecule has 0 N–H and O–H groups in total. The van der Waals surface area contributed by atoms with Crippen LogP contribution in [-0.4, -0.2) is 11.7 Å². The zero-order chi connectivity index (χ0) is 11.1. The minimum atomic E-state index is -4.33. The second kappa shape index (κ2) is 7.84. The van der Waals surface area contributed by atoms with Crippen LogP contribution in [0.4, 0.5) is 0 Å². The molecule has 0 aromatic rings. The fourth-order valence-electron chi connectivity index (χ4n) is 0.114. The summed E-state index contributed by atoms with van der Waals surface area (Å²) in [5.74, 6) is 0. The van der Waals surface area contributed by atoms with E-state index in [1.165, 1.54) is 0 Å². The van der Waals surface area contributed by atoms with Crippen LogP contribution in [0, 0.1) is 0 Å². The molecule has 0 saturated carbocycles. The molecule has 14 heavy (non-hydrogen) atoms. The van der Waals surface area contributed by atoms with Crippen molar-refractivity contribution in [3.63, 3.8) is 0 Å². The van der Waals surface area contributed by atoms with Crippen molar-refractivity contribution in [2.24, 2.45) is 15.1 Å². The summed E-state index contributed by atoms with van der Waals surface area (Å²) in [6.45, 7) is 0. The molecular formula is Cl5N4S4Sb. The molecule has 0 amide bonds. The van der Waals surface area contributed by atoms with Crippen molar-refractivity contribution in [2.45, 2.75) is 0 Å². The van der Waals surface area contributed by atoms with Crippen LogP contribution in [0.15, 0.2) is 15.1 Å². The SMILES string of the molecule is N1=S=NSN=S=NS1.[Cl][Sb]([Cl])([Cl])([Cl])[Cl]. The van der Waals surface area contributed by atoms with Gasteiger partial charge in [0.1, 0.15) is 24.3 Å². The fourth-order valence-corrected chi connectivity index (χ4v) is 2.01. The zero-order valence-corrected chi connectivity index (χ0v) is 15.4. The Labute approximate surface area is 116 Å². The van der Waals surface area contributed by atoms with Crippen LogP contribution in [-0.2, 0) is 22.7 Å². The van der Waals surface area contributed by atoms with Gasteiger partial charge >= 0.3 is 55.8 Å². The average molecular weight is 483 g/mol. The molecule has 4 nitrogen and oxygen atoms in total. The van der Waals surface area contributed by atoms with Crippen LogP contribution >= 0.6 is 68.4 Å². The molecule has 0 saturated heterocycles. The standard InChI is InChI=1S/5ClH.N4S4.Sb/c;;;;;1-5-2-7-4-8-3-6-1;/h5*1H;;/q;;;;;;+5/p-5. The van der Waals surface area contributed by atoms with E-state index >= 15 is 0 Å². The van der Waals surface area contributed by atoms with Crippen LogP contribution in [0.1, 0.15) is 0 Å². The third kappa shape index (κ3) is 24.0. The number of hydrogen-bond acceptors (Lipinski definition) is 6. The van der Waals surface area contributed by atoms with E-state index in [4.69, 9.17) is 44.1 Å². The molecule has 14 heteroatoms. The van der Waals surface area contributed by atoms with E-state index in [0.717, 1.165) is 47.0 Å². The van der Waals surface area contributed by atoms with Gasteiger partial charge in [0.05, 0.1) is 22.7 Å². The van der Waals surface area contributed by atoms with E-state index in [9.17, 15) is 0 Å². The Kier molecular flexibility index (Phi) is 9.30. The summed E-state index contributed by atoms with van der Waals surface area (Å²) in [6.07, 6.45) is 0. The second-order valence-electron chi connectivity index (χ2n) is 1.26. The van der Waals surface area contributed by atoms with Gasteiger partial charge in [-0.2, -0.15) is 0 Å². The Bertz CT molecular complexity index is 254. The van der Waals surface area contributed by atoms with Gasteiger partial charge in [-0.1, -0.05) is 0 Å². The van der Waals surface area contributed by atoms with Gasteiger partial charge in [0, 0.05) is 0 Å². The van der Waals surface area contributed by atoms with Gasteiger partial charge < -0.3 is 0 Å². The predicted octanol–water partition coefficient (Wildman–Crippen LogP) is 5.09. The first-order valence-corrected chi connectivity index (χ1v) is 21.4. The van der Waals surface area contributed by atoms with Gasteiger partial charge in [0.25, 0.3) is 0 Å². The Morgan fingerprint density at radius 3 is 1.07 bits per heavy atom. The van der Waals surface area contributed by atoms with Gasteiger partial charge in [-0.15, -0.1) is 15.1 Å². The Balaban J connectivity index is 0.000000255. The third-order valence-electron chi connectivity index (χ3n) is 0.267. The first-order valence-electron chi connectivity index (χ1n) is 2.31. The van der Waals surface area contributed by atoms with Crippen molar-refractivity contribution in [1.82, 2.24) is 0 Å². The second-order valence-corrected chi connectivity index (χ2v) is 42.2. The summed E-state index contributed by atoms with van der Waals surface area (Å²) in [5, 5.41) is 0. The fraction of sp³-hybridized carbons (Fsp3) is 0. The van der Waals surface area contributed by atoms with Crippen molar-refractivity contribution < 1.29 is 0 Å². The molecule has 1 aliphatic rings. The van der Waals surface area contributed by atoms with Crippen LogP contribution < -0.4 is 0 Å². The average Bonchev–Trinajstić information content (AvgIpc) is 1.77. The molecule has 1 aliphatic heterocycles. The molecule has 1 heterocycles. The number of rotatable bonds is 0. The molecule has 0 radical (unpaired) electrons. The van der Waals surface area contributed by atoms with Gasteiger partial charge in [-0.05, 0) is 0 Å². The quantitative estimate of drug-likeness (QED) is 0.356. The third-order valence-corrected chi connectivity index (χ3v) is 2.40. The summed E-state index contributed by atoms with van der Waals surface area (Å²) in [7, 11) is 25.2. The van der Waals surface area contributed by atoms with Crippen molar-refractivity contribution in [1.29, 1.82) is 0 Å². The summed E-state index contributed by atoms with van der Waals surface area (Å²) in [4.78, 5) is 0. The van der Waals surface area contributed by atoms with E-state index in [1.807, 2.05) is 0 Å². The molecule has 0 bridgehead atoms. The first-order chi connectivity index (χ1) is 6.24. The molecule has 1 rings (SSSR count). The first kappa shape index (κ1) is 16.6. The zero-order valence-electron chi connectivity index (χ0n) is 5.76. The normalized spacial score (nSPS) is 18.5. The predicted molar refractivity (Wildman–Crippen MR) is 74.6 cm³/mol. The summed E-state index contributed by atoms with van der Waals surface area (Å²) >= 11 is 0.0878. The molecule has 0 aromatic heterocycles. The molecule has 84 valence electrons.